The van der Waals surface area contributed by atoms with E-state index in [0.29, 0.717) is 6.61 Å². The molecule has 1 aromatic heterocycles. The van der Waals surface area contributed by atoms with E-state index in [4.69, 9.17) is 4.74 Å². The number of aromatic nitrogens is 1. The minimum absolute atomic E-state index is 0.0498. The Hall–Kier alpha value is -3.14. The van der Waals surface area contributed by atoms with Crippen LogP contribution in [0.4, 0.5) is 5.69 Å². The summed E-state index contributed by atoms with van der Waals surface area (Å²) < 4.78 is 7.71. The van der Waals surface area contributed by atoms with Crippen LogP contribution in [0.2, 0.25) is 0 Å². The highest BCUT2D eigenvalue weighted by Gasteiger charge is 2.21. The van der Waals surface area contributed by atoms with E-state index in [0.717, 1.165) is 29.8 Å². The molecule has 4 nitrogen and oxygen atoms in total. The fourth-order valence-corrected chi connectivity index (χ4v) is 2.94. The van der Waals surface area contributed by atoms with Crippen LogP contribution in [-0.2, 0) is 17.8 Å². The molecule has 0 bridgehead atoms. The van der Waals surface area contributed by atoms with Crippen LogP contribution in [-0.4, -0.2) is 5.91 Å². The topological polar surface area (TPSA) is 42.2 Å². The standard InChI is InChI=1S/C24H26N2O2/c1-3-7-20-14-16-26(17-15-20)19(2)24(27)25-22-10-12-23(13-11-22)28-18-21-8-5-4-6-9-21/h4-6,8-17,19H,3,7,18H2,1-2H3/p+1/t19-/m1/s1. The lowest BCUT2D eigenvalue weighted by molar-refractivity contribution is -0.705. The summed E-state index contributed by atoms with van der Waals surface area (Å²) in [6.07, 6.45) is 6.11. The van der Waals surface area contributed by atoms with Crippen molar-refractivity contribution in [3.8, 4) is 5.75 Å². The van der Waals surface area contributed by atoms with Crippen molar-refractivity contribution in [2.45, 2.75) is 39.3 Å². The molecule has 1 atom stereocenters. The van der Waals surface area contributed by atoms with E-state index >= 15 is 0 Å². The highest BCUT2D eigenvalue weighted by Crippen LogP contribution is 2.18. The molecule has 0 aliphatic rings. The van der Waals surface area contributed by atoms with E-state index in [9.17, 15) is 4.79 Å². The highest BCUT2D eigenvalue weighted by atomic mass is 16.5. The Balaban J connectivity index is 1.54. The van der Waals surface area contributed by atoms with Gasteiger partial charge in [-0.15, -0.1) is 0 Å². The summed E-state index contributed by atoms with van der Waals surface area (Å²) in [4.78, 5) is 12.6. The van der Waals surface area contributed by atoms with Crippen molar-refractivity contribution in [1.82, 2.24) is 0 Å². The number of anilines is 1. The smallest absolute Gasteiger partial charge is 0.293 e. The SMILES string of the molecule is CCCc1cc[n+]([C@H](C)C(=O)Nc2ccc(OCc3ccccc3)cc2)cc1. The molecule has 2 aromatic carbocycles. The van der Waals surface area contributed by atoms with Gasteiger partial charge in [-0.1, -0.05) is 43.7 Å². The lowest BCUT2D eigenvalue weighted by Crippen LogP contribution is -2.44. The zero-order valence-corrected chi connectivity index (χ0v) is 16.5. The molecular formula is C24H27N2O2+. The molecule has 0 saturated heterocycles. The molecule has 144 valence electrons. The van der Waals surface area contributed by atoms with Gasteiger partial charge in [0.15, 0.2) is 12.4 Å². The van der Waals surface area contributed by atoms with Gasteiger partial charge >= 0.3 is 0 Å². The van der Waals surface area contributed by atoms with E-state index in [2.05, 4.69) is 24.4 Å². The number of amides is 1. The van der Waals surface area contributed by atoms with Gasteiger partial charge in [0.1, 0.15) is 12.4 Å². The Kier molecular flexibility index (Phi) is 6.79. The molecule has 0 aliphatic heterocycles. The first kappa shape index (κ1) is 19.6. The lowest BCUT2D eigenvalue weighted by atomic mass is 10.1. The first-order chi connectivity index (χ1) is 13.7. The molecular weight excluding hydrogens is 348 g/mol. The summed E-state index contributed by atoms with van der Waals surface area (Å²) in [7, 11) is 0. The maximum absolute atomic E-state index is 12.6. The van der Waals surface area contributed by atoms with Crippen LogP contribution in [0.1, 0.15) is 37.4 Å². The zero-order chi connectivity index (χ0) is 19.8. The second-order valence-electron chi connectivity index (χ2n) is 6.87. The monoisotopic (exact) mass is 375 g/mol. The first-order valence-corrected chi connectivity index (χ1v) is 9.73. The van der Waals surface area contributed by atoms with Gasteiger partial charge in [-0.2, -0.15) is 4.57 Å². The highest BCUT2D eigenvalue weighted by molar-refractivity contribution is 5.92. The predicted octanol–water partition coefficient (Wildman–Crippen LogP) is 4.71. The van der Waals surface area contributed by atoms with Gasteiger partial charge in [0.2, 0.25) is 6.04 Å². The average Bonchev–Trinajstić information content (AvgIpc) is 2.74. The summed E-state index contributed by atoms with van der Waals surface area (Å²) in [5, 5.41) is 2.97. The molecule has 28 heavy (non-hydrogen) atoms. The molecule has 1 amide bonds. The number of carbonyl (C=O) groups is 1. The molecule has 4 heteroatoms. The molecule has 0 spiro atoms. The van der Waals surface area contributed by atoms with Gasteiger partial charge in [-0.05, 0) is 41.8 Å². The number of aryl methyl sites for hydroxylation is 1. The predicted molar refractivity (Wildman–Crippen MR) is 111 cm³/mol. The molecule has 3 rings (SSSR count). The number of pyridine rings is 1. The molecule has 0 aliphatic carbocycles. The number of carbonyl (C=O) groups excluding carboxylic acids is 1. The quantitative estimate of drug-likeness (QED) is 0.580. The van der Waals surface area contributed by atoms with Crippen molar-refractivity contribution >= 4 is 11.6 Å². The zero-order valence-electron chi connectivity index (χ0n) is 16.5. The Bertz CT molecular complexity index is 875. The van der Waals surface area contributed by atoms with Crippen LogP contribution in [0.3, 0.4) is 0 Å². The summed E-state index contributed by atoms with van der Waals surface area (Å²) in [5.74, 6) is 0.724. The first-order valence-electron chi connectivity index (χ1n) is 9.73. The fraction of sp³-hybridized carbons (Fsp3) is 0.250. The van der Waals surface area contributed by atoms with E-state index in [-0.39, 0.29) is 11.9 Å². The minimum atomic E-state index is -0.287. The molecule has 0 radical (unpaired) electrons. The van der Waals surface area contributed by atoms with E-state index in [1.54, 1.807) is 0 Å². The maximum Gasteiger partial charge on any atom is 0.293 e. The van der Waals surface area contributed by atoms with Gasteiger partial charge in [-0.25, -0.2) is 0 Å². The van der Waals surface area contributed by atoms with Crippen LogP contribution in [0.25, 0.3) is 0 Å². The third kappa shape index (κ3) is 5.43. The largest absolute Gasteiger partial charge is 0.489 e. The van der Waals surface area contributed by atoms with E-state index < -0.39 is 0 Å². The Morgan fingerprint density at radius 1 is 0.964 bits per heavy atom. The Labute approximate surface area is 166 Å². The van der Waals surface area contributed by atoms with Crippen LogP contribution < -0.4 is 14.6 Å². The molecule has 1 heterocycles. The summed E-state index contributed by atoms with van der Waals surface area (Å²) in [6.45, 7) is 4.58. The van der Waals surface area contributed by atoms with Crippen LogP contribution >= 0.6 is 0 Å². The van der Waals surface area contributed by atoms with Crippen molar-refractivity contribution in [2.24, 2.45) is 0 Å². The van der Waals surface area contributed by atoms with Crippen molar-refractivity contribution in [3.63, 3.8) is 0 Å². The van der Waals surface area contributed by atoms with Gasteiger partial charge in [0.05, 0.1) is 0 Å². The number of rotatable bonds is 8. The Morgan fingerprint density at radius 3 is 2.29 bits per heavy atom. The van der Waals surface area contributed by atoms with Crippen LogP contribution in [0.15, 0.2) is 79.1 Å². The number of benzene rings is 2. The fourth-order valence-electron chi connectivity index (χ4n) is 2.94. The summed E-state index contributed by atoms with van der Waals surface area (Å²) >= 11 is 0. The number of hydrogen-bond acceptors (Lipinski definition) is 2. The van der Waals surface area contributed by atoms with Gasteiger partial charge in [0.25, 0.3) is 5.91 Å². The van der Waals surface area contributed by atoms with Gasteiger partial charge < -0.3 is 10.1 Å². The third-order valence-electron chi connectivity index (χ3n) is 4.66. The molecule has 3 aromatic rings. The number of hydrogen-bond donors (Lipinski definition) is 1. The van der Waals surface area contributed by atoms with Crippen molar-refractivity contribution in [3.05, 3.63) is 90.3 Å². The molecule has 0 saturated carbocycles. The molecule has 1 N–H and O–H groups in total. The Morgan fingerprint density at radius 2 is 1.64 bits per heavy atom. The van der Waals surface area contributed by atoms with E-state index in [1.165, 1.54) is 5.56 Å². The number of nitrogens with one attached hydrogen (secondary N) is 1. The van der Waals surface area contributed by atoms with Gasteiger partial charge in [-0.3, -0.25) is 4.79 Å². The van der Waals surface area contributed by atoms with Crippen molar-refractivity contribution < 1.29 is 14.1 Å². The average molecular weight is 375 g/mol. The summed E-state index contributed by atoms with van der Waals surface area (Å²) in [5.41, 5.74) is 3.17. The van der Waals surface area contributed by atoms with Gasteiger partial charge in [0, 0.05) is 24.7 Å². The van der Waals surface area contributed by atoms with Crippen molar-refractivity contribution in [2.75, 3.05) is 5.32 Å². The normalized spacial score (nSPS) is 11.6. The maximum atomic E-state index is 12.6. The number of nitrogens with zero attached hydrogens (tertiary/aromatic N) is 1. The molecule has 0 unspecified atom stereocenters. The second-order valence-corrected chi connectivity index (χ2v) is 6.87. The van der Waals surface area contributed by atoms with E-state index in [1.807, 2.05) is 78.5 Å². The van der Waals surface area contributed by atoms with Crippen molar-refractivity contribution in [1.29, 1.82) is 0 Å². The third-order valence-corrected chi connectivity index (χ3v) is 4.66. The molecule has 0 fully saturated rings. The summed E-state index contributed by atoms with van der Waals surface area (Å²) in [6, 6.07) is 21.4. The minimum Gasteiger partial charge on any atom is -0.489 e. The van der Waals surface area contributed by atoms with Crippen LogP contribution in [0, 0.1) is 0 Å². The van der Waals surface area contributed by atoms with Crippen LogP contribution in [0.5, 0.6) is 5.75 Å². The lowest BCUT2D eigenvalue weighted by Gasteiger charge is -2.10. The second kappa shape index (κ2) is 9.70. The number of ether oxygens (including phenoxy) is 1.